The van der Waals surface area contributed by atoms with Crippen molar-refractivity contribution in [2.24, 2.45) is 0 Å². The van der Waals surface area contributed by atoms with Crippen molar-refractivity contribution >= 4 is 50.5 Å². The van der Waals surface area contributed by atoms with Gasteiger partial charge in [0.05, 0.1) is 23.8 Å². The molecular weight excluding hydrogens is 462 g/mol. The number of thiocarbonyl (C=S) groups is 1. The molecule has 0 saturated carbocycles. The predicted octanol–water partition coefficient (Wildman–Crippen LogP) is 4.67. The fraction of sp³-hybridized carbons (Fsp3) is 0.174. The Bertz CT molecular complexity index is 1160. The van der Waals surface area contributed by atoms with Gasteiger partial charge in [-0.2, -0.15) is 4.31 Å². The van der Waals surface area contributed by atoms with E-state index in [4.69, 9.17) is 17.0 Å². The zero-order valence-corrected chi connectivity index (χ0v) is 19.7. The van der Waals surface area contributed by atoms with Crippen LogP contribution in [-0.2, 0) is 14.8 Å². The Labute approximate surface area is 198 Å². The van der Waals surface area contributed by atoms with Gasteiger partial charge in [-0.05, 0) is 60.7 Å². The molecule has 4 rings (SSSR count). The molecule has 1 aliphatic rings. The number of hydrogen-bond donors (Lipinski definition) is 2. The first-order valence-electron chi connectivity index (χ1n) is 10.1. The van der Waals surface area contributed by atoms with Crippen molar-refractivity contribution in [3.8, 4) is 0 Å². The highest BCUT2D eigenvalue weighted by molar-refractivity contribution is 7.99. The van der Waals surface area contributed by atoms with Gasteiger partial charge in [0.2, 0.25) is 10.0 Å². The molecule has 0 spiro atoms. The van der Waals surface area contributed by atoms with Gasteiger partial charge in [-0.25, -0.2) is 8.42 Å². The third-order valence-electron chi connectivity index (χ3n) is 4.83. The summed E-state index contributed by atoms with van der Waals surface area (Å²) >= 11 is 7.13. The number of sulfonamides is 1. The van der Waals surface area contributed by atoms with E-state index in [2.05, 4.69) is 22.8 Å². The van der Waals surface area contributed by atoms with Gasteiger partial charge >= 0.3 is 0 Å². The number of anilines is 2. The summed E-state index contributed by atoms with van der Waals surface area (Å²) in [6, 6.07) is 24.7. The van der Waals surface area contributed by atoms with Crippen molar-refractivity contribution < 1.29 is 13.2 Å². The van der Waals surface area contributed by atoms with E-state index in [-0.39, 0.29) is 4.90 Å². The van der Waals surface area contributed by atoms with E-state index in [0.717, 1.165) is 15.5 Å². The maximum Gasteiger partial charge on any atom is 0.243 e. The summed E-state index contributed by atoms with van der Waals surface area (Å²) in [7, 11) is -3.52. The highest BCUT2D eigenvalue weighted by atomic mass is 32.2. The van der Waals surface area contributed by atoms with E-state index in [9.17, 15) is 8.42 Å². The molecule has 0 radical (unpaired) electrons. The van der Waals surface area contributed by atoms with E-state index in [1.54, 1.807) is 36.0 Å². The Hall–Kier alpha value is -2.43. The molecule has 166 valence electrons. The Balaban J connectivity index is 1.41. The van der Waals surface area contributed by atoms with Gasteiger partial charge in [-0.1, -0.05) is 42.1 Å². The molecule has 9 heteroatoms. The van der Waals surface area contributed by atoms with Crippen molar-refractivity contribution in [1.82, 2.24) is 4.31 Å². The number of rotatable bonds is 6. The Morgan fingerprint density at radius 1 is 0.875 bits per heavy atom. The molecule has 0 atom stereocenters. The number of para-hydroxylation sites is 1. The molecule has 1 aliphatic heterocycles. The van der Waals surface area contributed by atoms with Gasteiger partial charge in [0.1, 0.15) is 0 Å². The highest BCUT2D eigenvalue weighted by Gasteiger charge is 2.26. The van der Waals surface area contributed by atoms with Crippen LogP contribution in [0.4, 0.5) is 11.4 Å². The van der Waals surface area contributed by atoms with E-state index < -0.39 is 10.0 Å². The highest BCUT2D eigenvalue weighted by Crippen LogP contribution is 2.33. The maximum atomic E-state index is 12.8. The second kappa shape index (κ2) is 10.5. The zero-order valence-electron chi connectivity index (χ0n) is 17.2. The quantitative estimate of drug-likeness (QED) is 0.492. The number of morpholine rings is 1. The fourth-order valence-electron chi connectivity index (χ4n) is 3.21. The molecule has 6 nitrogen and oxygen atoms in total. The first kappa shape index (κ1) is 22.8. The van der Waals surface area contributed by atoms with Crippen LogP contribution in [0.1, 0.15) is 0 Å². The third kappa shape index (κ3) is 5.67. The van der Waals surface area contributed by atoms with Gasteiger partial charge in [-0.3, -0.25) is 0 Å². The Kier molecular flexibility index (Phi) is 7.44. The van der Waals surface area contributed by atoms with Gasteiger partial charge < -0.3 is 15.4 Å². The van der Waals surface area contributed by atoms with Crippen molar-refractivity contribution in [3.05, 3.63) is 78.9 Å². The number of benzene rings is 3. The van der Waals surface area contributed by atoms with Crippen molar-refractivity contribution in [2.75, 3.05) is 36.9 Å². The van der Waals surface area contributed by atoms with Crippen LogP contribution in [0.5, 0.6) is 0 Å². The third-order valence-corrected chi connectivity index (χ3v) is 8.03. The van der Waals surface area contributed by atoms with Gasteiger partial charge in [0.15, 0.2) is 5.11 Å². The molecule has 0 amide bonds. The van der Waals surface area contributed by atoms with Crippen LogP contribution in [0.15, 0.2) is 93.5 Å². The number of hydrogen-bond acceptors (Lipinski definition) is 5. The second-order valence-corrected chi connectivity index (χ2v) is 10.5. The van der Waals surface area contributed by atoms with E-state index in [1.165, 1.54) is 4.31 Å². The number of nitrogens with zero attached hydrogens (tertiary/aromatic N) is 1. The van der Waals surface area contributed by atoms with E-state index in [0.29, 0.717) is 37.1 Å². The molecule has 2 N–H and O–H groups in total. The molecule has 0 aromatic heterocycles. The second-order valence-electron chi connectivity index (χ2n) is 7.03. The van der Waals surface area contributed by atoms with E-state index >= 15 is 0 Å². The maximum absolute atomic E-state index is 12.8. The Morgan fingerprint density at radius 3 is 2.25 bits per heavy atom. The molecular formula is C23H23N3O3S3. The smallest absolute Gasteiger partial charge is 0.243 e. The first-order valence-corrected chi connectivity index (χ1v) is 12.8. The summed E-state index contributed by atoms with van der Waals surface area (Å²) in [5.74, 6) is 0. The van der Waals surface area contributed by atoms with Crippen LogP contribution < -0.4 is 10.6 Å². The van der Waals surface area contributed by atoms with Crippen LogP contribution in [0.3, 0.4) is 0 Å². The average molecular weight is 486 g/mol. The molecule has 3 aromatic rings. The lowest BCUT2D eigenvalue weighted by Crippen LogP contribution is -2.40. The molecule has 0 unspecified atom stereocenters. The summed E-state index contributed by atoms with van der Waals surface area (Å²) in [5.41, 5.74) is 1.60. The number of ether oxygens (including phenoxy) is 1. The predicted molar refractivity (Wildman–Crippen MR) is 133 cm³/mol. The lowest BCUT2D eigenvalue weighted by atomic mass is 10.3. The van der Waals surface area contributed by atoms with Crippen LogP contribution in [0, 0.1) is 0 Å². The van der Waals surface area contributed by atoms with Crippen molar-refractivity contribution in [3.63, 3.8) is 0 Å². The summed E-state index contributed by atoms with van der Waals surface area (Å²) in [4.78, 5) is 2.45. The molecule has 1 fully saturated rings. The topological polar surface area (TPSA) is 70.7 Å². The first-order chi connectivity index (χ1) is 15.5. The molecule has 1 saturated heterocycles. The van der Waals surface area contributed by atoms with E-state index in [1.807, 2.05) is 42.5 Å². The molecule has 0 bridgehead atoms. The largest absolute Gasteiger partial charge is 0.379 e. The minimum atomic E-state index is -3.52. The lowest BCUT2D eigenvalue weighted by molar-refractivity contribution is 0.0730. The minimum absolute atomic E-state index is 0.258. The van der Waals surface area contributed by atoms with Gasteiger partial charge in [0, 0.05) is 28.6 Å². The van der Waals surface area contributed by atoms with Crippen molar-refractivity contribution in [2.45, 2.75) is 14.7 Å². The molecule has 0 aliphatic carbocycles. The van der Waals surface area contributed by atoms with Crippen LogP contribution in [0.25, 0.3) is 0 Å². The van der Waals surface area contributed by atoms with Crippen LogP contribution in [-0.4, -0.2) is 44.1 Å². The van der Waals surface area contributed by atoms with Crippen LogP contribution >= 0.6 is 24.0 Å². The number of nitrogens with one attached hydrogen (secondary N) is 2. The summed E-state index contributed by atoms with van der Waals surface area (Å²) < 4.78 is 32.2. The average Bonchev–Trinajstić information content (AvgIpc) is 2.82. The summed E-state index contributed by atoms with van der Waals surface area (Å²) in [6.07, 6.45) is 0. The molecule has 32 heavy (non-hydrogen) atoms. The fourth-order valence-corrected chi connectivity index (χ4v) is 5.76. The van der Waals surface area contributed by atoms with Crippen molar-refractivity contribution in [1.29, 1.82) is 0 Å². The molecule has 3 aromatic carbocycles. The summed E-state index contributed by atoms with van der Waals surface area (Å²) in [5, 5.41) is 6.78. The normalized spacial score (nSPS) is 14.6. The Morgan fingerprint density at radius 2 is 1.53 bits per heavy atom. The van der Waals surface area contributed by atoms with Gasteiger partial charge in [0.25, 0.3) is 0 Å². The van der Waals surface area contributed by atoms with Crippen LogP contribution in [0.2, 0.25) is 0 Å². The SMILES string of the molecule is O=S(=O)(c1ccc(NC(=S)Nc2ccccc2Sc2ccccc2)cc1)N1CCOCC1. The zero-order chi connectivity index (χ0) is 22.4. The minimum Gasteiger partial charge on any atom is -0.379 e. The molecule has 1 heterocycles. The standard InChI is InChI=1S/C23H23N3O3S3/c27-32(28,26-14-16-29-17-15-26)20-12-10-18(11-13-20)24-23(30)25-21-8-4-5-9-22(21)31-19-6-2-1-3-7-19/h1-13H,14-17H2,(H2,24,25,30). The lowest BCUT2D eigenvalue weighted by Gasteiger charge is -2.26. The summed E-state index contributed by atoms with van der Waals surface area (Å²) in [6.45, 7) is 1.58. The monoisotopic (exact) mass is 485 g/mol. The van der Waals surface area contributed by atoms with Gasteiger partial charge in [-0.15, -0.1) is 0 Å².